The molecule has 0 aliphatic rings. The maximum atomic E-state index is 14.1. The molecule has 0 aliphatic heterocycles. The Morgan fingerprint density at radius 3 is 2.12 bits per heavy atom. The van der Waals surface area contributed by atoms with Gasteiger partial charge >= 0.3 is 6.09 Å². The van der Waals surface area contributed by atoms with Gasteiger partial charge in [0, 0.05) is 18.2 Å². The minimum Gasteiger partial charge on any atom is -0.444 e. The van der Waals surface area contributed by atoms with E-state index in [4.69, 9.17) is 10.5 Å². The maximum Gasteiger partial charge on any atom is 0.408 e. The molecule has 0 fully saturated rings. The summed E-state index contributed by atoms with van der Waals surface area (Å²) >= 11 is 0. The monoisotopic (exact) mass is 546 g/mol. The molecule has 0 aliphatic carbocycles. The molecule has 0 spiro atoms. The number of ether oxygens (including phenoxy) is 1. The summed E-state index contributed by atoms with van der Waals surface area (Å²) in [5, 5.41) is 7.54. The predicted molar refractivity (Wildman–Crippen MR) is 155 cm³/mol. The first-order valence-corrected chi connectivity index (χ1v) is 13.3. The zero-order chi connectivity index (χ0) is 29.4. The molecule has 0 heterocycles. The number of benzene rings is 3. The van der Waals surface area contributed by atoms with Crippen LogP contribution in [0.5, 0.6) is 0 Å². The number of anilines is 1. The molecule has 0 saturated carbocycles. The highest BCUT2D eigenvalue weighted by atomic mass is 16.6. The molecule has 9 heteroatoms. The van der Waals surface area contributed by atoms with Crippen molar-refractivity contribution in [2.24, 2.45) is 5.73 Å². The van der Waals surface area contributed by atoms with Crippen LogP contribution < -0.4 is 16.4 Å². The average Bonchev–Trinajstić information content (AvgIpc) is 2.88. The van der Waals surface area contributed by atoms with E-state index in [1.807, 2.05) is 48.5 Å². The molecule has 0 saturated heterocycles. The highest BCUT2D eigenvalue weighted by Gasteiger charge is 2.38. The van der Waals surface area contributed by atoms with E-state index in [1.165, 1.54) is 4.90 Å². The van der Waals surface area contributed by atoms with Crippen LogP contribution in [-0.4, -0.2) is 46.4 Å². The number of fused-ring (bicyclic) bond motifs is 1. The van der Waals surface area contributed by atoms with Crippen molar-refractivity contribution in [1.82, 2.24) is 10.2 Å². The number of nitrogens with two attached hydrogens (primary N) is 1. The zero-order valence-electron chi connectivity index (χ0n) is 23.6. The largest absolute Gasteiger partial charge is 0.444 e. The van der Waals surface area contributed by atoms with Crippen molar-refractivity contribution in [2.75, 3.05) is 5.32 Å². The van der Waals surface area contributed by atoms with Crippen molar-refractivity contribution in [2.45, 2.75) is 71.2 Å². The summed E-state index contributed by atoms with van der Waals surface area (Å²) in [7, 11) is 0. The topological polar surface area (TPSA) is 131 Å². The lowest BCUT2D eigenvalue weighted by atomic mass is 9.99. The number of carbonyl (C=O) groups is 4. The Kier molecular flexibility index (Phi) is 9.87. The Morgan fingerprint density at radius 1 is 0.900 bits per heavy atom. The smallest absolute Gasteiger partial charge is 0.408 e. The average molecular weight is 547 g/mol. The number of nitrogens with one attached hydrogen (secondary N) is 2. The molecule has 9 nitrogen and oxygen atoms in total. The molecule has 40 heavy (non-hydrogen) atoms. The molecule has 212 valence electrons. The van der Waals surface area contributed by atoms with Gasteiger partial charge in [-0.25, -0.2) is 4.79 Å². The molecule has 3 rings (SSSR count). The number of alkyl carbamates (subject to hydrolysis) is 1. The predicted octanol–water partition coefficient (Wildman–Crippen LogP) is 4.92. The van der Waals surface area contributed by atoms with E-state index in [1.54, 1.807) is 58.9 Å². The summed E-state index contributed by atoms with van der Waals surface area (Å²) in [6.07, 6.45) is -1.00. The van der Waals surface area contributed by atoms with Gasteiger partial charge < -0.3 is 26.0 Å². The summed E-state index contributed by atoms with van der Waals surface area (Å²) in [6, 6.07) is 19.7. The van der Waals surface area contributed by atoms with Crippen LogP contribution in [0.15, 0.2) is 72.8 Å². The third-order valence-corrected chi connectivity index (χ3v) is 6.14. The van der Waals surface area contributed by atoms with E-state index in [2.05, 4.69) is 10.6 Å². The summed E-state index contributed by atoms with van der Waals surface area (Å²) in [4.78, 5) is 53.6. The van der Waals surface area contributed by atoms with E-state index < -0.39 is 47.5 Å². The SMILES string of the molecule is CC(C)N(C(=O)C(CCC(N)=O)NC(=O)OC(C)(C)C)C(C(=O)Nc1ccc2ccccc2c1)c1ccccc1. The molecule has 2 atom stereocenters. The third-order valence-electron chi connectivity index (χ3n) is 6.14. The first kappa shape index (κ1) is 30.1. The second-order valence-corrected chi connectivity index (χ2v) is 10.9. The van der Waals surface area contributed by atoms with E-state index in [0.717, 1.165) is 10.8 Å². The minimum atomic E-state index is -1.15. The summed E-state index contributed by atoms with van der Waals surface area (Å²) in [5.74, 6) is -1.58. The van der Waals surface area contributed by atoms with Crippen LogP contribution >= 0.6 is 0 Å². The molecular weight excluding hydrogens is 508 g/mol. The van der Waals surface area contributed by atoms with Crippen LogP contribution in [0.25, 0.3) is 10.8 Å². The lowest BCUT2D eigenvalue weighted by Gasteiger charge is -2.37. The maximum absolute atomic E-state index is 14.1. The number of amides is 4. The number of hydrogen-bond acceptors (Lipinski definition) is 5. The van der Waals surface area contributed by atoms with E-state index in [9.17, 15) is 19.2 Å². The van der Waals surface area contributed by atoms with Crippen molar-refractivity contribution < 1.29 is 23.9 Å². The van der Waals surface area contributed by atoms with Gasteiger partial charge in [0.05, 0.1) is 0 Å². The van der Waals surface area contributed by atoms with Crippen molar-refractivity contribution in [1.29, 1.82) is 0 Å². The lowest BCUT2D eigenvalue weighted by molar-refractivity contribution is -0.143. The van der Waals surface area contributed by atoms with Crippen molar-refractivity contribution in [3.8, 4) is 0 Å². The van der Waals surface area contributed by atoms with Gasteiger partial charge in [0.25, 0.3) is 5.91 Å². The van der Waals surface area contributed by atoms with Gasteiger partial charge in [0.1, 0.15) is 17.7 Å². The Morgan fingerprint density at radius 2 is 1.52 bits per heavy atom. The normalized spacial score (nSPS) is 12.8. The van der Waals surface area contributed by atoms with Gasteiger partial charge in [0.2, 0.25) is 11.8 Å². The van der Waals surface area contributed by atoms with E-state index in [-0.39, 0.29) is 12.8 Å². The zero-order valence-corrected chi connectivity index (χ0v) is 23.6. The van der Waals surface area contributed by atoms with Crippen LogP contribution in [0.1, 0.15) is 59.1 Å². The minimum absolute atomic E-state index is 0.0512. The highest BCUT2D eigenvalue weighted by molar-refractivity contribution is 6.00. The second kappa shape index (κ2) is 13.1. The van der Waals surface area contributed by atoms with Crippen LogP contribution in [0.3, 0.4) is 0 Å². The van der Waals surface area contributed by atoms with Gasteiger partial charge in [-0.05, 0) is 69.5 Å². The third kappa shape index (κ3) is 8.30. The summed E-state index contributed by atoms with van der Waals surface area (Å²) in [5.41, 5.74) is 5.73. The van der Waals surface area contributed by atoms with Crippen molar-refractivity contribution >= 4 is 40.3 Å². The molecule has 0 aromatic heterocycles. The van der Waals surface area contributed by atoms with Gasteiger partial charge in [-0.1, -0.05) is 60.7 Å². The number of hydrogen-bond donors (Lipinski definition) is 3. The van der Waals surface area contributed by atoms with Gasteiger partial charge in [-0.15, -0.1) is 0 Å². The number of nitrogens with zero attached hydrogens (tertiary/aromatic N) is 1. The second-order valence-electron chi connectivity index (χ2n) is 10.9. The van der Waals surface area contributed by atoms with E-state index in [0.29, 0.717) is 11.3 Å². The Balaban J connectivity index is 1.98. The fourth-order valence-electron chi connectivity index (χ4n) is 4.40. The van der Waals surface area contributed by atoms with Crippen LogP contribution in [0.4, 0.5) is 10.5 Å². The quantitative estimate of drug-likeness (QED) is 0.332. The molecular formula is C31H38N4O5. The van der Waals surface area contributed by atoms with Crippen LogP contribution in [-0.2, 0) is 19.1 Å². The molecule has 4 N–H and O–H groups in total. The number of rotatable bonds is 10. The summed E-state index contributed by atoms with van der Waals surface area (Å²) in [6.45, 7) is 8.69. The van der Waals surface area contributed by atoms with Crippen LogP contribution in [0.2, 0.25) is 0 Å². The Labute approximate surface area is 235 Å². The molecule has 3 aromatic carbocycles. The molecule has 0 bridgehead atoms. The van der Waals surface area contributed by atoms with Crippen molar-refractivity contribution in [3.05, 3.63) is 78.4 Å². The van der Waals surface area contributed by atoms with E-state index >= 15 is 0 Å². The first-order valence-electron chi connectivity index (χ1n) is 13.3. The van der Waals surface area contributed by atoms with Gasteiger partial charge in [0.15, 0.2) is 0 Å². The first-order chi connectivity index (χ1) is 18.9. The van der Waals surface area contributed by atoms with Crippen molar-refractivity contribution in [3.63, 3.8) is 0 Å². The van der Waals surface area contributed by atoms with Crippen LogP contribution in [0, 0.1) is 0 Å². The molecule has 2 unspecified atom stereocenters. The fraction of sp³-hybridized carbons (Fsp3) is 0.355. The standard InChI is InChI=1S/C31H38N4O5/c1-20(2)35(29(38)25(17-18-26(32)36)34-30(39)40-31(3,4)5)27(22-12-7-6-8-13-22)28(37)33-24-16-15-21-11-9-10-14-23(21)19-24/h6-16,19-20,25,27H,17-18H2,1-5H3,(H2,32,36)(H,33,37)(H,34,39). The lowest BCUT2D eigenvalue weighted by Crippen LogP contribution is -2.54. The fourth-order valence-corrected chi connectivity index (χ4v) is 4.40. The molecule has 0 radical (unpaired) electrons. The summed E-state index contributed by atoms with van der Waals surface area (Å²) < 4.78 is 5.36. The molecule has 3 aromatic rings. The number of primary amides is 1. The molecule has 4 amide bonds. The van der Waals surface area contributed by atoms with Gasteiger partial charge in [-0.2, -0.15) is 0 Å². The Hall–Kier alpha value is -4.40. The number of carbonyl (C=O) groups excluding carboxylic acids is 4. The van der Waals surface area contributed by atoms with Gasteiger partial charge in [-0.3, -0.25) is 14.4 Å². The Bertz CT molecular complexity index is 1350. The highest BCUT2D eigenvalue weighted by Crippen LogP contribution is 2.28.